The molecule has 288 valence electrons. The third-order valence-corrected chi connectivity index (χ3v) is 12.5. The van der Waals surface area contributed by atoms with E-state index in [1.165, 1.54) is 33.4 Å². The average Bonchev–Trinajstić information content (AvgIpc) is 3.56. The number of fused-ring (bicyclic) bond motifs is 5. The first-order valence-corrected chi connectivity index (χ1v) is 20.6. The van der Waals surface area contributed by atoms with Crippen molar-refractivity contribution in [1.29, 1.82) is 5.26 Å². The third-order valence-electron chi connectivity index (χ3n) is 12.5. The Morgan fingerprint density at radius 1 is 0.410 bits per heavy atom. The van der Waals surface area contributed by atoms with Crippen LogP contribution < -0.4 is 4.74 Å². The lowest BCUT2D eigenvalue weighted by molar-refractivity contribution is 0.434. The van der Waals surface area contributed by atoms with Gasteiger partial charge in [-0.25, -0.2) is 15.0 Å². The number of para-hydroxylation sites is 1. The highest BCUT2D eigenvalue weighted by molar-refractivity contribution is 5.83. The third kappa shape index (κ3) is 5.79. The zero-order valence-corrected chi connectivity index (χ0v) is 33.7. The Morgan fingerprint density at radius 2 is 0.885 bits per heavy atom. The smallest absolute Gasteiger partial charge is 0.164 e. The minimum absolute atomic E-state index is 0.169. The maximum absolute atomic E-state index is 9.50. The Kier molecular flexibility index (Phi) is 8.37. The molecule has 9 aromatic rings. The lowest BCUT2D eigenvalue weighted by atomic mass is 9.63. The van der Waals surface area contributed by atoms with E-state index < -0.39 is 5.41 Å². The van der Waals surface area contributed by atoms with Crippen LogP contribution in [0.3, 0.4) is 0 Å². The fourth-order valence-electron chi connectivity index (χ4n) is 9.50. The summed E-state index contributed by atoms with van der Waals surface area (Å²) in [6.45, 7) is 4.56. The predicted octanol–water partition coefficient (Wildman–Crippen LogP) is 13.2. The molecule has 0 bridgehead atoms. The van der Waals surface area contributed by atoms with Crippen LogP contribution >= 0.6 is 0 Å². The van der Waals surface area contributed by atoms with Gasteiger partial charge in [-0.3, -0.25) is 0 Å². The molecule has 0 saturated heterocycles. The van der Waals surface area contributed by atoms with Crippen LogP contribution in [0, 0.1) is 11.3 Å². The zero-order chi connectivity index (χ0) is 41.1. The van der Waals surface area contributed by atoms with E-state index >= 15 is 0 Å². The molecule has 11 rings (SSSR count). The Labute approximate surface area is 355 Å². The van der Waals surface area contributed by atoms with Crippen LogP contribution in [0.15, 0.2) is 194 Å². The molecule has 61 heavy (non-hydrogen) atoms. The Balaban J connectivity index is 1.02. The Hall–Kier alpha value is -7.94. The van der Waals surface area contributed by atoms with Crippen LogP contribution in [-0.4, -0.2) is 15.0 Å². The van der Waals surface area contributed by atoms with E-state index in [0.29, 0.717) is 23.0 Å². The highest BCUT2D eigenvalue weighted by Crippen LogP contribution is 2.56. The van der Waals surface area contributed by atoms with Crippen LogP contribution in [0.25, 0.3) is 56.4 Å². The summed E-state index contributed by atoms with van der Waals surface area (Å²) in [5.41, 5.74) is 14.1. The van der Waals surface area contributed by atoms with Crippen molar-refractivity contribution in [1.82, 2.24) is 15.0 Å². The first-order chi connectivity index (χ1) is 29.9. The molecule has 0 spiro atoms. The molecular formula is C56H38N4O. The van der Waals surface area contributed by atoms with E-state index in [9.17, 15) is 5.26 Å². The monoisotopic (exact) mass is 782 g/mol. The summed E-state index contributed by atoms with van der Waals surface area (Å²) >= 11 is 0. The summed E-state index contributed by atoms with van der Waals surface area (Å²) in [6.07, 6.45) is 0. The minimum atomic E-state index is -0.610. The quantitative estimate of drug-likeness (QED) is 0.168. The Morgan fingerprint density at radius 3 is 1.54 bits per heavy atom. The van der Waals surface area contributed by atoms with Gasteiger partial charge >= 0.3 is 0 Å². The number of nitrogens with zero attached hydrogens (tertiary/aromatic N) is 4. The van der Waals surface area contributed by atoms with Gasteiger partial charge < -0.3 is 4.74 Å². The fraction of sp³-hybridized carbons (Fsp3) is 0.0714. The number of hydrogen-bond acceptors (Lipinski definition) is 5. The second-order valence-electron chi connectivity index (χ2n) is 16.3. The Bertz CT molecular complexity index is 3150. The number of nitriles is 1. The van der Waals surface area contributed by atoms with Gasteiger partial charge in [0.25, 0.3) is 0 Å². The van der Waals surface area contributed by atoms with E-state index in [1.54, 1.807) is 12.1 Å². The van der Waals surface area contributed by atoms with Crippen molar-refractivity contribution in [2.45, 2.75) is 24.7 Å². The van der Waals surface area contributed by atoms with Crippen molar-refractivity contribution in [2.24, 2.45) is 0 Å². The standard InChI is InChI=1S/C56H38N4O/c1-55(2)46-18-10-9-17-44(46)45-31-29-41(34-48(45)55)54-59-52(38-23-21-36(35-57)22-24-38)58-53(60-54)39-27-25-37(26-28-39)40-30-32-51-49(33-40)56(42-13-5-3-6-14-42,43-15-7-4-8-16-43)47-19-11-12-20-50(47)61-51/h3-34H,1-2H3. The summed E-state index contributed by atoms with van der Waals surface area (Å²) in [7, 11) is 0. The van der Waals surface area contributed by atoms with Gasteiger partial charge in [-0.1, -0.05) is 159 Å². The average molecular weight is 783 g/mol. The molecule has 0 amide bonds. The highest BCUT2D eigenvalue weighted by Gasteiger charge is 2.45. The van der Waals surface area contributed by atoms with Gasteiger partial charge in [-0.15, -0.1) is 0 Å². The van der Waals surface area contributed by atoms with Crippen LogP contribution in [0.2, 0.25) is 0 Å². The van der Waals surface area contributed by atoms with Crippen molar-refractivity contribution in [3.05, 3.63) is 233 Å². The summed E-state index contributed by atoms with van der Waals surface area (Å²) in [6, 6.07) is 69.7. The topological polar surface area (TPSA) is 71.7 Å². The van der Waals surface area contributed by atoms with Gasteiger partial charge in [0.1, 0.15) is 11.5 Å². The number of aromatic nitrogens is 3. The van der Waals surface area contributed by atoms with Crippen LogP contribution in [-0.2, 0) is 10.8 Å². The van der Waals surface area contributed by atoms with Crippen LogP contribution in [0.4, 0.5) is 0 Å². The molecule has 2 heterocycles. The summed E-state index contributed by atoms with van der Waals surface area (Å²) in [5, 5.41) is 9.50. The van der Waals surface area contributed by atoms with Gasteiger partial charge in [0.15, 0.2) is 17.5 Å². The molecule has 8 aromatic carbocycles. The van der Waals surface area contributed by atoms with Crippen molar-refractivity contribution in [3.63, 3.8) is 0 Å². The van der Waals surface area contributed by atoms with E-state index in [2.05, 4.69) is 184 Å². The van der Waals surface area contributed by atoms with Crippen molar-refractivity contribution >= 4 is 0 Å². The fourth-order valence-corrected chi connectivity index (χ4v) is 9.50. The SMILES string of the molecule is CC1(C)c2ccccc2-c2ccc(-c3nc(-c4ccc(C#N)cc4)nc(-c4ccc(-c5ccc6c(c5)C(c5ccccc5)(c5ccccc5)c5ccccc5O6)cc4)n3)cc21. The van der Waals surface area contributed by atoms with Gasteiger partial charge in [0.05, 0.1) is 17.0 Å². The number of ether oxygens (including phenoxy) is 1. The lowest BCUT2D eigenvalue weighted by Crippen LogP contribution is -2.34. The highest BCUT2D eigenvalue weighted by atomic mass is 16.5. The van der Waals surface area contributed by atoms with Crippen molar-refractivity contribution < 1.29 is 4.74 Å². The van der Waals surface area contributed by atoms with Crippen molar-refractivity contribution in [2.75, 3.05) is 0 Å². The lowest BCUT2D eigenvalue weighted by Gasteiger charge is -2.41. The van der Waals surface area contributed by atoms with Crippen LogP contribution in [0.5, 0.6) is 11.5 Å². The van der Waals surface area contributed by atoms with Gasteiger partial charge in [-0.05, 0) is 93.0 Å². The molecular weight excluding hydrogens is 745 g/mol. The molecule has 0 unspecified atom stereocenters. The number of hydrogen-bond donors (Lipinski definition) is 0. The van der Waals surface area contributed by atoms with E-state index in [1.807, 2.05) is 18.2 Å². The number of benzene rings is 8. The van der Waals surface area contributed by atoms with E-state index in [0.717, 1.165) is 50.4 Å². The molecule has 0 N–H and O–H groups in total. The number of rotatable bonds is 6. The molecule has 5 heteroatoms. The molecule has 2 aliphatic rings. The molecule has 0 fully saturated rings. The molecule has 0 radical (unpaired) electrons. The normalized spacial score (nSPS) is 13.8. The van der Waals surface area contributed by atoms with E-state index in [-0.39, 0.29) is 5.41 Å². The first-order valence-electron chi connectivity index (χ1n) is 20.6. The molecule has 5 nitrogen and oxygen atoms in total. The summed E-state index contributed by atoms with van der Waals surface area (Å²) < 4.78 is 6.67. The first kappa shape index (κ1) is 36.2. The van der Waals surface area contributed by atoms with E-state index in [4.69, 9.17) is 19.7 Å². The van der Waals surface area contributed by atoms with Gasteiger partial charge in [0.2, 0.25) is 0 Å². The summed E-state index contributed by atoms with van der Waals surface area (Å²) in [5.74, 6) is 3.40. The molecule has 0 saturated carbocycles. The minimum Gasteiger partial charge on any atom is -0.457 e. The predicted molar refractivity (Wildman–Crippen MR) is 242 cm³/mol. The molecule has 0 atom stereocenters. The molecule has 1 aliphatic carbocycles. The zero-order valence-electron chi connectivity index (χ0n) is 33.7. The molecule has 1 aliphatic heterocycles. The molecule has 1 aromatic heterocycles. The maximum atomic E-state index is 9.50. The maximum Gasteiger partial charge on any atom is 0.164 e. The second-order valence-corrected chi connectivity index (χ2v) is 16.3. The second kappa shape index (κ2) is 14.1. The van der Waals surface area contributed by atoms with Gasteiger partial charge in [-0.2, -0.15) is 5.26 Å². The van der Waals surface area contributed by atoms with Crippen LogP contribution in [0.1, 0.15) is 52.8 Å². The van der Waals surface area contributed by atoms with Gasteiger partial charge in [0, 0.05) is 33.2 Å². The largest absolute Gasteiger partial charge is 0.457 e. The summed E-state index contributed by atoms with van der Waals surface area (Å²) in [4.78, 5) is 15.2. The van der Waals surface area contributed by atoms with Crippen molar-refractivity contribution in [3.8, 4) is 74.0 Å².